The second-order valence-electron chi connectivity index (χ2n) is 3.84. The van der Waals surface area contributed by atoms with Crippen LogP contribution in [0.2, 0.25) is 0 Å². The van der Waals surface area contributed by atoms with Gasteiger partial charge in [0.2, 0.25) is 0 Å². The quantitative estimate of drug-likeness (QED) is 0.826. The van der Waals surface area contributed by atoms with Gasteiger partial charge in [-0.15, -0.1) is 11.3 Å². The van der Waals surface area contributed by atoms with Crippen molar-refractivity contribution in [3.8, 4) is 5.75 Å². The minimum Gasteiger partial charge on any atom is -0.487 e. The summed E-state index contributed by atoms with van der Waals surface area (Å²) in [5, 5.41) is 3.23. The number of nitrogen functional groups attached to an aromatic ring is 1. The molecule has 0 fully saturated rings. The van der Waals surface area contributed by atoms with Gasteiger partial charge in [0.05, 0.1) is 10.7 Å². The number of aryl methyl sites for hydroxylation is 1. The largest absolute Gasteiger partial charge is 0.487 e. The zero-order valence-corrected chi connectivity index (χ0v) is 10.7. The predicted octanol–water partition coefficient (Wildman–Crippen LogP) is 3.26. The molecule has 1 aromatic heterocycles. The van der Waals surface area contributed by atoms with Crippen LogP contribution in [0.3, 0.4) is 0 Å². The summed E-state index contributed by atoms with van der Waals surface area (Å²) in [6, 6.07) is 7.44. The fraction of sp³-hybridized carbons (Fsp3) is 0.308. The first-order valence-electron chi connectivity index (χ1n) is 5.69. The van der Waals surface area contributed by atoms with Gasteiger partial charge in [-0.1, -0.05) is 13.0 Å². The second kappa shape index (κ2) is 5.68. The molecule has 4 heteroatoms. The molecule has 0 radical (unpaired) electrons. The van der Waals surface area contributed by atoms with Crippen molar-refractivity contribution in [3.63, 3.8) is 0 Å². The van der Waals surface area contributed by atoms with Gasteiger partial charge >= 0.3 is 0 Å². The molecule has 0 bridgehead atoms. The van der Waals surface area contributed by atoms with Crippen molar-refractivity contribution < 1.29 is 4.74 Å². The van der Waals surface area contributed by atoms with Crippen LogP contribution in [0.4, 0.5) is 5.69 Å². The summed E-state index contributed by atoms with van der Waals surface area (Å²) in [6.45, 7) is 2.66. The summed E-state index contributed by atoms with van der Waals surface area (Å²) >= 11 is 1.70. The number of rotatable bonds is 5. The van der Waals surface area contributed by atoms with Gasteiger partial charge in [-0.05, 0) is 25.0 Å². The monoisotopic (exact) mass is 248 g/mol. The maximum Gasteiger partial charge on any atom is 0.131 e. The molecule has 0 amide bonds. The number of nitrogens with zero attached hydrogens (tertiary/aromatic N) is 1. The maximum atomic E-state index is 5.68. The van der Waals surface area contributed by atoms with Gasteiger partial charge < -0.3 is 10.5 Å². The first-order valence-corrected chi connectivity index (χ1v) is 6.57. The van der Waals surface area contributed by atoms with E-state index in [0.717, 1.165) is 24.3 Å². The van der Waals surface area contributed by atoms with Crippen LogP contribution >= 0.6 is 11.3 Å². The number of hydrogen-bond donors (Lipinski definition) is 1. The number of aromatic nitrogens is 1. The molecule has 3 nitrogen and oxygen atoms in total. The number of benzene rings is 1. The van der Waals surface area contributed by atoms with E-state index in [9.17, 15) is 0 Å². The van der Waals surface area contributed by atoms with Gasteiger partial charge in [0, 0.05) is 17.1 Å². The highest BCUT2D eigenvalue weighted by molar-refractivity contribution is 7.09. The molecule has 1 aromatic carbocycles. The Labute approximate surface area is 105 Å². The second-order valence-corrected chi connectivity index (χ2v) is 4.79. The van der Waals surface area contributed by atoms with Crippen LogP contribution in [0.25, 0.3) is 0 Å². The molecule has 0 spiro atoms. The predicted molar refractivity (Wildman–Crippen MR) is 71.3 cm³/mol. The third-order valence-corrected chi connectivity index (χ3v) is 3.27. The Morgan fingerprint density at radius 3 is 3.06 bits per heavy atom. The molecule has 1 heterocycles. The van der Waals surface area contributed by atoms with Gasteiger partial charge in [0.15, 0.2) is 0 Å². The number of thiazole rings is 1. The molecule has 0 saturated heterocycles. The Balaban J connectivity index is 1.93. The molecule has 0 aliphatic heterocycles. The van der Waals surface area contributed by atoms with Gasteiger partial charge in [0.1, 0.15) is 12.4 Å². The summed E-state index contributed by atoms with van der Waals surface area (Å²) in [5.41, 5.74) is 7.38. The average Bonchev–Trinajstić information content (AvgIpc) is 2.75. The van der Waals surface area contributed by atoms with Crippen molar-refractivity contribution in [1.82, 2.24) is 4.98 Å². The van der Waals surface area contributed by atoms with E-state index in [1.165, 1.54) is 5.01 Å². The Bertz CT molecular complexity index is 482. The Morgan fingerprint density at radius 1 is 1.41 bits per heavy atom. The number of ether oxygens (including phenoxy) is 1. The third kappa shape index (κ3) is 3.46. The zero-order chi connectivity index (χ0) is 12.1. The third-order valence-electron chi connectivity index (χ3n) is 2.31. The first kappa shape index (κ1) is 11.9. The van der Waals surface area contributed by atoms with Gasteiger partial charge in [-0.25, -0.2) is 4.98 Å². The highest BCUT2D eigenvalue weighted by Crippen LogP contribution is 2.17. The van der Waals surface area contributed by atoms with E-state index >= 15 is 0 Å². The minimum absolute atomic E-state index is 0.504. The lowest BCUT2D eigenvalue weighted by Gasteiger charge is -2.04. The van der Waals surface area contributed by atoms with Crippen LogP contribution < -0.4 is 10.5 Å². The fourth-order valence-corrected chi connectivity index (χ4v) is 2.39. The summed E-state index contributed by atoms with van der Waals surface area (Å²) in [4.78, 5) is 4.50. The SMILES string of the molecule is CCCc1nc(COc2cccc(N)c2)cs1. The van der Waals surface area contributed by atoms with Gasteiger partial charge in [0.25, 0.3) is 0 Å². The van der Waals surface area contributed by atoms with Gasteiger partial charge in [-0.2, -0.15) is 0 Å². The normalized spacial score (nSPS) is 10.4. The summed E-state index contributed by atoms with van der Waals surface area (Å²) in [6.07, 6.45) is 2.17. The van der Waals surface area contributed by atoms with E-state index in [0.29, 0.717) is 12.3 Å². The van der Waals surface area contributed by atoms with Crippen LogP contribution in [0.5, 0.6) is 5.75 Å². The highest BCUT2D eigenvalue weighted by atomic mass is 32.1. The van der Waals surface area contributed by atoms with E-state index in [1.807, 2.05) is 24.3 Å². The molecule has 2 rings (SSSR count). The van der Waals surface area contributed by atoms with Crippen molar-refractivity contribution in [3.05, 3.63) is 40.3 Å². The van der Waals surface area contributed by atoms with Crippen LogP contribution in [0, 0.1) is 0 Å². The molecule has 0 atom stereocenters. The summed E-state index contributed by atoms with van der Waals surface area (Å²) in [5.74, 6) is 0.787. The Hall–Kier alpha value is -1.55. The molecule has 0 aliphatic carbocycles. The smallest absolute Gasteiger partial charge is 0.131 e. The molecule has 17 heavy (non-hydrogen) atoms. The van der Waals surface area contributed by atoms with Crippen LogP contribution in [-0.2, 0) is 13.0 Å². The van der Waals surface area contributed by atoms with Gasteiger partial charge in [-0.3, -0.25) is 0 Å². The van der Waals surface area contributed by atoms with E-state index < -0.39 is 0 Å². The van der Waals surface area contributed by atoms with Crippen molar-refractivity contribution >= 4 is 17.0 Å². The Kier molecular flexibility index (Phi) is 3.98. The minimum atomic E-state index is 0.504. The molecular formula is C13H16N2OS. The molecular weight excluding hydrogens is 232 g/mol. The lowest BCUT2D eigenvalue weighted by molar-refractivity contribution is 0.302. The summed E-state index contributed by atoms with van der Waals surface area (Å²) < 4.78 is 5.63. The molecule has 0 unspecified atom stereocenters. The average molecular weight is 248 g/mol. The number of anilines is 1. The first-order chi connectivity index (χ1) is 8.28. The van der Waals surface area contributed by atoms with Crippen molar-refractivity contribution in [2.45, 2.75) is 26.4 Å². The lowest BCUT2D eigenvalue weighted by atomic mass is 10.3. The maximum absolute atomic E-state index is 5.68. The van der Waals surface area contributed by atoms with Crippen molar-refractivity contribution in [2.24, 2.45) is 0 Å². The van der Waals surface area contributed by atoms with Crippen LogP contribution in [0.15, 0.2) is 29.6 Å². The standard InChI is InChI=1S/C13H16N2OS/c1-2-4-13-15-11(9-17-13)8-16-12-6-3-5-10(14)7-12/h3,5-7,9H,2,4,8,14H2,1H3. The topological polar surface area (TPSA) is 48.1 Å². The molecule has 90 valence electrons. The van der Waals surface area contributed by atoms with E-state index in [-0.39, 0.29) is 0 Å². The van der Waals surface area contributed by atoms with Crippen LogP contribution in [-0.4, -0.2) is 4.98 Å². The lowest BCUT2D eigenvalue weighted by Crippen LogP contribution is -1.97. The van der Waals surface area contributed by atoms with Crippen molar-refractivity contribution in [1.29, 1.82) is 0 Å². The molecule has 0 saturated carbocycles. The molecule has 0 aliphatic rings. The highest BCUT2D eigenvalue weighted by Gasteiger charge is 2.02. The zero-order valence-electron chi connectivity index (χ0n) is 9.85. The number of nitrogens with two attached hydrogens (primary N) is 1. The molecule has 2 N–H and O–H groups in total. The molecule has 2 aromatic rings. The van der Waals surface area contributed by atoms with E-state index in [1.54, 1.807) is 11.3 Å². The van der Waals surface area contributed by atoms with E-state index in [2.05, 4.69) is 17.3 Å². The Morgan fingerprint density at radius 2 is 2.29 bits per heavy atom. The van der Waals surface area contributed by atoms with Crippen LogP contribution in [0.1, 0.15) is 24.0 Å². The van der Waals surface area contributed by atoms with E-state index in [4.69, 9.17) is 10.5 Å². The number of hydrogen-bond acceptors (Lipinski definition) is 4. The summed E-state index contributed by atoms with van der Waals surface area (Å²) in [7, 11) is 0. The fourth-order valence-electron chi connectivity index (χ4n) is 1.51. The van der Waals surface area contributed by atoms with Crippen molar-refractivity contribution in [2.75, 3.05) is 5.73 Å².